The lowest BCUT2D eigenvalue weighted by Crippen LogP contribution is -2.14. The second-order valence-corrected chi connectivity index (χ2v) is 4.73. The van der Waals surface area contributed by atoms with Crippen LogP contribution in [0.5, 0.6) is 0 Å². The first-order valence-electron chi connectivity index (χ1n) is 6.67. The van der Waals surface area contributed by atoms with E-state index in [0.29, 0.717) is 16.8 Å². The zero-order valence-corrected chi connectivity index (χ0v) is 12.5. The Morgan fingerprint density at radius 1 is 1.17 bits per heavy atom. The molecular weight excluding hydrogens is 300 g/mol. The highest BCUT2D eigenvalue weighted by Gasteiger charge is 2.15. The van der Waals surface area contributed by atoms with Gasteiger partial charge in [0.1, 0.15) is 0 Å². The zero-order valence-electron chi connectivity index (χ0n) is 12.5. The number of nitro benzene ring substituents is 1. The van der Waals surface area contributed by atoms with E-state index in [1.54, 1.807) is 25.1 Å². The highest BCUT2D eigenvalue weighted by Crippen LogP contribution is 2.21. The molecule has 0 spiro atoms. The Balaban J connectivity index is 2.29. The molecule has 1 amide bonds. The van der Waals surface area contributed by atoms with Gasteiger partial charge in [-0.05, 0) is 30.7 Å². The fourth-order valence-corrected chi connectivity index (χ4v) is 2.06. The molecule has 7 heteroatoms. The first kappa shape index (κ1) is 16.2. The molecule has 2 rings (SSSR count). The third-order valence-corrected chi connectivity index (χ3v) is 3.31. The standard InChI is InChI=1S/C16H14N2O5/c1-10-13(16(20)23-2)7-4-8-14(10)17-15(19)11-5-3-6-12(9-11)18(21)22/h3-9H,1-2H3,(H,17,19). The number of non-ortho nitro benzene ring substituents is 1. The van der Waals surface area contributed by atoms with Crippen molar-refractivity contribution >= 4 is 23.3 Å². The second-order valence-electron chi connectivity index (χ2n) is 4.73. The monoisotopic (exact) mass is 314 g/mol. The molecule has 0 aromatic heterocycles. The number of esters is 1. The minimum atomic E-state index is -0.570. The Hall–Kier alpha value is -3.22. The molecule has 0 aliphatic carbocycles. The number of rotatable bonds is 4. The molecule has 118 valence electrons. The van der Waals surface area contributed by atoms with Crippen LogP contribution in [0, 0.1) is 17.0 Å². The van der Waals surface area contributed by atoms with E-state index >= 15 is 0 Å². The summed E-state index contributed by atoms with van der Waals surface area (Å²) in [4.78, 5) is 34.1. The number of anilines is 1. The van der Waals surface area contributed by atoms with Crippen molar-refractivity contribution < 1.29 is 19.2 Å². The van der Waals surface area contributed by atoms with Gasteiger partial charge in [-0.2, -0.15) is 0 Å². The Morgan fingerprint density at radius 3 is 2.52 bits per heavy atom. The summed E-state index contributed by atoms with van der Waals surface area (Å²) in [7, 11) is 1.27. The predicted molar refractivity (Wildman–Crippen MR) is 83.6 cm³/mol. The maximum absolute atomic E-state index is 12.2. The van der Waals surface area contributed by atoms with Gasteiger partial charge in [-0.3, -0.25) is 14.9 Å². The minimum Gasteiger partial charge on any atom is -0.465 e. The van der Waals surface area contributed by atoms with Gasteiger partial charge in [0.15, 0.2) is 0 Å². The van der Waals surface area contributed by atoms with E-state index in [1.165, 1.54) is 31.4 Å². The van der Waals surface area contributed by atoms with Crippen LogP contribution in [0.15, 0.2) is 42.5 Å². The average molecular weight is 314 g/mol. The Bertz CT molecular complexity index is 786. The van der Waals surface area contributed by atoms with Gasteiger partial charge in [0, 0.05) is 23.4 Å². The van der Waals surface area contributed by atoms with Crippen LogP contribution in [-0.4, -0.2) is 23.9 Å². The number of ether oxygens (including phenoxy) is 1. The fourth-order valence-electron chi connectivity index (χ4n) is 2.06. The molecule has 1 N–H and O–H groups in total. The quantitative estimate of drug-likeness (QED) is 0.531. The van der Waals surface area contributed by atoms with Crippen molar-refractivity contribution in [1.29, 1.82) is 0 Å². The van der Waals surface area contributed by atoms with Crippen molar-refractivity contribution in [3.8, 4) is 0 Å². The van der Waals surface area contributed by atoms with Crippen molar-refractivity contribution in [2.24, 2.45) is 0 Å². The summed E-state index contributed by atoms with van der Waals surface area (Å²) < 4.78 is 4.68. The Kier molecular flexibility index (Phi) is 4.70. The van der Waals surface area contributed by atoms with E-state index in [2.05, 4.69) is 10.1 Å². The Labute approximate surface area is 132 Å². The summed E-state index contributed by atoms with van der Waals surface area (Å²) in [5.41, 5.74) is 1.31. The summed E-state index contributed by atoms with van der Waals surface area (Å²) in [6.07, 6.45) is 0. The minimum absolute atomic E-state index is 0.155. The van der Waals surface area contributed by atoms with Gasteiger partial charge in [0.05, 0.1) is 17.6 Å². The molecule has 2 aromatic carbocycles. The maximum atomic E-state index is 12.2. The van der Waals surface area contributed by atoms with Gasteiger partial charge in [0.2, 0.25) is 0 Å². The molecule has 0 radical (unpaired) electrons. The summed E-state index contributed by atoms with van der Waals surface area (Å²) in [5, 5.41) is 13.4. The number of methoxy groups -OCH3 is 1. The van der Waals surface area contributed by atoms with Crippen LogP contribution in [0.25, 0.3) is 0 Å². The lowest BCUT2D eigenvalue weighted by molar-refractivity contribution is -0.384. The molecule has 2 aromatic rings. The van der Waals surface area contributed by atoms with Gasteiger partial charge in [0.25, 0.3) is 11.6 Å². The number of carbonyl (C=O) groups is 2. The van der Waals surface area contributed by atoms with Gasteiger partial charge < -0.3 is 10.1 Å². The van der Waals surface area contributed by atoms with E-state index < -0.39 is 16.8 Å². The number of nitrogens with zero attached hydrogens (tertiary/aromatic N) is 1. The average Bonchev–Trinajstić information content (AvgIpc) is 2.56. The molecule has 0 aliphatic rings. The van der Waals surface area contributed by atoms with E-state index in [-0.39, 0.29) is 11.3 Å². The summed E-state index contributed by atoms with van der Waals surface area (Å²) in [6.45, 7) is 1.68. The number of amides is 1. The lowest BCUT2D eigenvalue weighted by Gasteiger charge is -2.11. The van der Waals surface area contributed by atoms with Crippen LogP contribution >= 0.6 is 0 Å². The molecule has 0 atom stereocenters. The van der Waals surface area contributed by atoms with E-state index in [1.807, 2.05) is 0 Å². The first-order valence-corrected chi connectivity index (χ1v) is 6.67. The van der Waals surface area contributed by atoms with Crippen LogP contribution in [0.2, 0.25) is 0 Å². The normalized spacial score (nSPS) is 10.0. The van der Waals surface area contributed by atoms with Crippen LogP contribution in [0.3, 0.4) is 0 Å². The highest BCUT2D eigenvalue weighted by atomic mass is 16.6. The number of hydrogen-bond donors (Lipinski definition) is 1. The Morgan fingerprint density at radius 2 is 1.87 bits per heavy atom. The predicted octanol–water partition coefficient (Wildman–Crippen LogP) is 2.94. The van der Waals surface area contributed by atoms with Crippen molar-refractivity contribution in [2.45, 2.75) is 6.92 Å². The molecule has 0 fully saturated rings. The number of nitrogens with one attached hydrogen (secondary N) is 1. The van der Waals surface area contributed by atoms with Gasteiger partial charge in [-0.25, -0.2) is 4.79 Å². The molecule has 0 bridgehead atoms. The number of hydrogen-bond acceptors (Lipinski definition) is 5. The van der Waals surface area contributed by atoms with Crippen LogP contribution in [0.1, 0.15) is 26.3 Å². The lowest BCUT2D eigenvalue weighted by atomic mass is 10.1. The fraction of sp³-hybridized carbons (Fsp3) is 0.125. The van der Waals surface area contributed by atoms with Crippen LogP contribution in [-0.2, 0) is 4.74 Å². The van der Waals surface area contributed by atoms with Crippen molar-refractivity contribution in [1.82, 2.24) is 0 Å². The highest BCUT2D eigenvalue weighted by molar-refractivity contribution is 6.06. The third-order valence-electron chi connectivity index (χ3n) is 3.31. The summed E-state index contributed by atoms with van der Waals surface area (Å²) in [6, 6.07) is 10.2. The largest absolute Gasteiger partial charge is 0.465 e. The molecule has 0 saturated heterocycles. The van der Waals surface area contributed by atoms with Crippen molar-refractivity contribution in [3.63, 3.8) is 0 Å². The maximum Gasteiger partial charge on any atom is 0.338 e. The summed E-state index contributed by atoms with van der Waals surface area (Å²) in [5.74, 6) is -1.01. The SMILES string of the molecule is COC(=O)c1cccc(NC(=O)c2cccc([N+](=O)[O-])c2)c1C. The van der Waals surface area contributed by atoms with Crippen LogP contribution in [0.4, 0.5) is 11.4 Å². The number of carbonyl (C=O) groups excluding carboxylic acids is 2. The van der Waals surface area contributed by atoms with E-state index in [0.717, 1.165) is 0 Å². The van der Waals surface area contributed by atoms with Gasteiger partial charge in [-0.1, -0.05) is 12.1 Å². The molecule has 23 heavy (non-hydrogen) atoms. The summed E-state index contributed by atoms with van der Waals surface area (Å²) >= 11 is 0. The zero-order chi connectivity index (χ0) is 17.0. The molecule has 0 unspecified atom stereocenters. The number of benzene rings is 2. The van der Waals surface area contributed by atoms with Crippen LogP contribution < -0.4 is 5.32 Å². The smallest absolute Gasteiger partial charge is 0.338 e. The van der Waals surface area contributed by atoms with Gasteiger partial charge >= 0.3 is 5.97 Å². The van der Waals surface area contributed by atoms with E-state index in [9.17, 15) is 19.7 Å². The van der Waals surface area contributed by atoms with E-state index in [4.69, 9.17) is 0 Å². The molecular formula is C16H14N2O5. The second kappa shape index (κ2) is 6.69. The number of nitro groups is 1. The van der Waals surface area contributed by atoms with Crippen molar-refractivity contribution in [2.75, 3.05) is 12.4 Å². The third kappa shape index (κ3) is 3.52. The molecule has 0 heterocycles. The first-order chi connectivity index (χ1) is 10.9. The topological polar surface area (TPSA) is 98.5 Å². The molecule has 7 nitrogen and oxygen atoms in total. The molecule has 0 saturated carbocycles. The molecule has 0 aliphatic heterocycles. The van der Waals surface area contributed by atoms with Gasteiger partial charge in [-0.15, -0.1) is 0 Å². The van der Waals surface area contributed by atoms with Crippen molar-refractivity contribution in [3.05, 3.63) is 69.3 Å².